The predicted octanol–water partition coefficient (Wildman–Crippen LogP) is 3.84. The molecule has 6 heteroatoms. The van der Waals surface area contributed by atoms with Crippen molar-refractivity contribution in [2.45, 2.75) is 25.2 Å². The van der Waals surface area contributed by atoms with Gasteiger partial charge in [-0.3, -0.25) is 4.79 Å². The SMILES string of the molecule is O=C(O)C1CCC(c2nc3cc(Cl)c(Cl)cc3[nH]2)C1. The highest BCUT2D eigenvalue weighted by Crippen LogP contribution is 2.38. The Morgan fingerprint density at radius 2 is 2.05 bits per heavy atom. The number of rotatable bonds is 2. The van der Waals surface area contributed by atoms with Gasteiger partial charge in [-0.15, -0.1) is 0 Å². The zero-order valence-corrected chi connectivity index (χ0v) is 11.5. The lowest BCUT2D eigenvalue weighted by molar-refractivity contribution is -0.141. The fourth-order valence-electron chi connectivity index (χ4n) is 2.67. The van der Waals surface area contributed by atoms with Crippen LogP contribution in [0.15, 0.2) is 12.1 Å². The van der Waals surface area contributed by atoms with Gasteiger partial charge in [-0.1, -0.05) is 23.2 Å². The van der Waals surface area contributed by atoms with Crippen LogP contribution in [0.4, 0.5) is 0 Å². The second-order valence-electron chi connectivity index (χ2n) is 4.95. The van der Waals surface area contributed by atoms with E-state index in [1.54, 1.807) is 12.1 Å². The molecule has 0 spiro atoms. The second-order valence-corrected chi connectivity index (χ2v) is 5.77. The number of benzene rings is 1. The third-order valence-corrected chi connectivity index (χ3v) is 4.43. The molecule has 100 valence electrons. The maximum Gasteiger partial charge on any atom is 0.306 e. The van der Waals surface area contributed by atoms with Crippen molar-refractivity contribution in [2.75, 3.05) is 0 Å². The average Bonchev–Trinajstić information content (AvgIpc) is 2.95. The molecule has 0 saturated heterocycles. The number of imidazole rings is 1. The average molecular weight is 299 g/mol. The number of halogens is 2. The fraction of sp³-hybridized carbons (Fsp3) is 0.385. The number of nitrogens with zero attached hydrogens (tertiary/aromatic N) is 1. The van der Waals surface area contributed by atoms with Crippen LogP contribution in [0, 0.1) is 5.92 Å². The van der Waals surface area contributed by atoms with Crippen molar-refractivity contribution in [1.29, 1.82) is 0 Å². The maximum absolute atomic E-state index is 11.0. The first-order chi connectivity index (χ1) is 9.04. The maximum atomic E-state index is 11.0. The van der Waals surface area contributed by atoms with Crippen LogP contribution in [-0.2, 0) is 4.79 Å². The van der Waals surface area contributed by atoms with E-state index in [4.69, 9.17) is 28.3 Å². The fourth-order valence-corrected chi connectivity index (χ4v) is 2.99. The predicted molar refractivity (Wildman–Crippen MR) is 73.8 cm³/mol. The Bertz CT molecular complexity index is 614. The summed E-state index contributed by atoms with van der Waals surface area (Å²) in [4.78, 5) is 18.7. The van der Waals surface area contributed by atoms with Gasteiger partial charge in [-0.25, -0.2) is 4.98 Å². The first-order valence-corrected chi connectivity index (χ1v) is 6.87. The number of hydrogen-bond acceptors (Lipinski definition) is 2. The van der Waals surface area contributed by atoms with Crippen LogP contribution in [0.2, 0.25) is 10.0 Å². The third kappa shape index (κ3) is 2.30. The number of aromatic amines is 1. The molecule has 3 rings (SSSR count). The Hall–Kier alpha value is -1.26. The van der Waals surface area contributed by atoms with Gasteiger partial charge in [0.25, 0.3) is 0 Å². The summed E-state index contributed by atoms with van der Waals surface area (Å²) in [5.74, 6) is 0.0261. The van der Waals surface area contributed by atoms with Gasteiger partial charge in [0.1, 0.15) is 5.82 Å². The number of fused-ring (bicyclic) bond motifs is 1. The summed E-state index contributed by atoms with van der Waals surface area (Å²) in [5.41, 5.74) is 1.60. The van der Waals surface area contributed by atoms with Crippen molar-refractivity contribution < 1.29 is 9.90 Å². The summed E-state index contributed by atoms with van der Waals surface area (Å²) < 4.78 is 0. The van der Waals surface area contributed by atoms with Gasteiger partial charge in [0, 0.05) is 5.92 Å². The summed E-state index contributed by atoms with van der Waals surface area (Å²) in [7, 11) is 0. The van der Waals surface area contributed by atoms with Crippen molar-refractivity contribution in [3.05, 3.63) is 28.0 Å². The molecule has 2 atom stereocenters. The van der Waals surface area contributed by atoms with E-state index in [1.807, 2.05) is 0 Å². The molecule has 1 heterocycles. The minimum Gasteiger partial charge on any atom is -0.481 e. The van der Waals surface area contributed by atoms with Gasteiger partial charge in [0.2, 0.25) is 0 Å². The molecule has 0 radical (unpaired) electrons. The van der Waals surface area contributed by atoms with Crippen LogP contribution < -0.4 is 0 Å². The Labute approximate surface area is 119 Å². The normalized spacial score (nSPS) is 23.1. The lowest BCUT2D eigenvalue weighted by Crippen LogP contribution is -2.09. The minimum atomic E-state index is -0.718. The highest BCUT2D eigenvalue weighted by atomic mass is 35.5. The largest absolute Gasteiger partial charge is 0.481 e. The van der Waals surface area contributed by atoms with Crippen molar-refractivity contribution in [3.8, 4) is 0 Å². The molecule has 0 amide bonds. The summed E-state index contributed by atoms with van der Waals surface area (Å²) in [6.45, 7) is 0. The van der Waals surface area contributed by atoms with Crippen LogP contribution in [0.25, 0.3) is 11.0 Å². The lowest BCUT2D eigenvalue weighted by Gasteiger charge is -2.04. The highest BCUT2D eigenvalue weighted by Gasteiger charge is 2.32. The van der Waals surface area contributed by atoms with Crippen LogP contribution in [-0.4, -0.2) is 21.0 Å². The summed E-state index contributed by atoms with van der Waals surface area (Å²) in [6, 6.07) is 3.47. The quantitative estimate of drug-likeness (QED) is 0.885. The highest BCUT2D eigenvalue weighted by molar-refractivity contribution is 6.42. The molecule has 2 aromatic rings. The summed E-state index contributed by atoms with van der Waals surface area (Å²) >= 11 is 11.9. The Kier molecular flexibility index (Phi) is 3.15. The van der Waals surface area contributed by atoms with E-state index in [0.717, 1.165) is 23.3 Å². The monoisotopic (exact) mass is 298 g/mol. The Morgan fingerprint density at radius 1 is 1.32 bits per heavy atom. The molecule has 1 aliphatic carbocycles. The van der Waals surface area contributed by atoms with E-state index in [0.29, 0.717) is 22.9 Å². The molecule has 1 aromatic carbocycles. The number of carboxylic acid groups (broad SMARTS) is 1. The molecule has 1 aromatic heterocycles. The van der Waals surface area contributed by atoms with E-state index >= 15 is 0 Å². The van der Waals surface area contributed by atoms with Gasteiger partial charge < -0.3 is 10.1 Å². The molecule has 0 aliphatic heterocycles. The molecule has 1 saturated carbocycles. The molecule has 2 N–H and O–H groups in total. The standard InChI is InChI=1S/C13H12Cl2N2O2/c14-8-4-10-11(5-9(8)15)17-12(16-10)6-1-2-7(3-6)13(18)19/h4-7H,1-3H2,(H,16,17)(H,18,19). The van der Waals surface area contributed by atoms with Gasteiger partial charge in [0.05, 0.1) is 27.0 Å². The van der Waals surface area contributed by atoms with Crippen molar-refractivity contribution in [2.24, 2.45) is 5.92 Å². The van der Waals surface area contributed by atoms with Crippen molar-refractivity contribution in [3.63, 3.8) is 0 Å². The summed E-state index contributed by atoms with van der Waals surface area (Å²) in [5, 5.41) is 9.98. The zero-order valence-electron chi connectivity index (χ0n) is 9.99. The third-order valence-electron chi connectivity index (χ3n) is 3.71. The Morgan fingerprint density at radius 3 is 2.74 bits per heavy atom. The van der Waals surface area contributed by atoms with Crippen LogP contribution in [0.5, 0.6) is 0 Å². The molecular formula is C13H12Cl2N2O2. The number of hydrogen-bond donors (Lipinski definition) is 2. The van der Waals surface area contributed by atoms with E-state index in [1.165, 1.54) is 0 Å². The van der Waals surface area contributed by atoms with Crippen LogP contribution >= 0.6 is 23.2 Å². The number of aromatic nitrogens is 2. The zero-order chi connectivity index (χ0) is 13.6. The topological polar surface area (TPSA) is 66.0 Å². The number of aliphatic carboxylic acids is 1. The number of carboxylic acids is 1. The molecule has 2 unspecified atom stereocenters. The minimum absolute atomic E-state index is 0.172. The van der Waals surface area contributed by atoms with Crippen molar-refractivity contribution >= 4 is 40.2 Å². The van der Waals surface area contributed by atoms with Crippen molar-refractivity contribution in [1.82, 2.24) is 9.97 Å². The van der Waals surface area contributed by atoms with Gasteiger partial charge in [-0.05, 0) is 31.4 Å². The van der Waals surface area contributed by atoms with E-state index in [-0.39, 0.29) is 11.8 Å². The van der Waals surface area contributed by atoms with Gasteiger partial charge in [-0.2, -0.15) is 0 Å². The summed E-state index contributed by atoms with van der Waals surface area (Å²) in [6.07, 6.45) is 2.19. The molecule has 1 aliphatic rings. The van der Waals surface area contributed by atoms with Gasteiger partial charge >= 0.3 is 5.97 Å². The van der Waals surface area contributed by atoms with Gasteiger partial charge in [0.15, 0.2) is 0 Å². The van der Waals surface area contributed by atoms with E-state index < -0.39 is 5.97 Å². The lowest BCUT2D eigenvalue weighted by atomic mass is 10.0. The molecular weight excluding hydrogens is 287 g/mol. The van der Waals surface area contributed by atoms with E-state index in [9.17, 15) is 4.79 Å². The molecule has 19 heavy (non-hydrogen) atoms. The van der Waals surface area contributed by atoms with Crippen LogP contribution in [0.1, 0.15) is 31.0 Å². The number of H-pyrrole nitrogens is 1. The molecule has 1 fully saturated rings. The van der Waals surface area contributed by atoms with Crippen LogP contribution in [0.3, 0.4) is 0 Å². The number of carbonyl (C=O) groups is 1. The van der Waals surface area contributed by atoms with E-state index in [2.05, 4.69) is 9.97 Å². The molecule has 0 bridgehead atoms. The smallest absolute Gasteiger partial charge is 0.306 e. The Balaban J connectivity index is 1.92. The number of nitrogens with one attached hydrogen (secondary N) is 1. The molecule has 4 nitrogen and oxygen atoms in total. The first-order valence-electron chi connectivity index (χ1n) is 6.12. The first kappa shape index (κ1) is 12.8. The second kappa shape index (κ2) is 4.69.